The summed E-state index contributed by atoms with van der Waals surface area (Å²) in [5.41, 5.74) is 1.89. The molecule has 2 rings (SSSR count). The zero-order valence-corrected chi connectivity index (χ0v) is 26.9. The van der Waals surface area contributed by atoms with E-state index in [9.17, 15) is 9.18 Å². The van der Waals surface area contributed by atoms with Gasteiger partial charge >= 0.3 is 0 Å². The van der Waals surface area contributed by atoms with Crippen molar-refractivity contribution in [3.8, 4) is 0 Å². The van der Waals surface area contributed by atoms with Gasteiger partial charge in [-0.3, -0.25) is 9.59 Å². The third kappa shape index (κ3) is 25.5. The van der Waals surface area contributed by atoms with Crippen LogP contribution in [0.3, 0.4) is 0 Å². The molecule has 2 amide bonds. The minimum Gasteiger partial charge on any atom is -0.362 e. The normalized spacial score (nSPS) is 15.7. The fraction of sp³-hybridized carbons (Fsp3) is 0.533. The number of carbonyl (C=O) groups is 2. The van der Waals surface area contributed by atoms with Gasteiger partial charge in [-0.05, 0) is 48.6 Å². The van der Waals surface area contributed by atoms with Crippen LogP contribution in [-0.2, 0) is 9.59 Å². The summed E-state index contributed by atoms with van der Waals surface area (Å²) in [4.78, 5) is 19.6. The maximum Gasteiger partial charge on any atom is 0.211 e. The first kappa shape index (κ1) is 42.9. The van der Waals surface area contributed by atoms with Crippen molar-refractivity contribution in [3.05, 3.63) is 64.5 Å². The average Bonchev–Trinajstić information content (AvgIpc) is 3.32. The number of hydrogen-bond donors (Lipinski definition) is 3. The molecule has 2 atom stereocenters. The number of carbonyl (C=O) groups excluding carboxylic acids is 2. The lowest BCUT2D eigenvalue weighted by molar-refractivity contribution is -0.109. The van der Waals surface area contributed by atoms with E-state index in [1.165, 1.54) is 12.1 Å². The van der Waals surface area contributed by atoms with Crippen LogP contribution in [0.5, 0.6) is 0 Å². The monoisotopic (exact) mass is 575 g/mol. The number of nitrogens with one attached hydrogen (secondary N) is 3. The number of benzene rings is 1. The van der Waals surface area contributed by atoms with E-state index < -0.39 is 5.82 Å². The summed E-state index contributed by atoms with van der Waals surface area (Å²) in [6, 6.07) is 2.88. The third-order valence-electron chi connectivity index (χ3n) is 3.98. The van der Waals surface area contributed by atoms with E-state index in [-0.39, 0.29) is 10.9 Å². The molecule has 1 saturated heterocycles. The molecule has 1 heterocycles. The molecule has 0 aromatic heterocycles. The lowest BCUT2D eigenvalue weighted by Gasteiger charge is -2.18. The highest BCUT2D eigenvalue weighted by molar-refractivity contribution is 6.31. The Kier molecular flexibility index (Phi) is 31.5. The summed E-state index contributed by atoms with van der Waals surface area (Å²) < 4.78 is 13.5. The zero-order chi connectivity index (χ0) is 30.7. The van der Waals surface area contributed by atoms with Gasteiger partial charge in [0, 0.05) is 30.2 Å². The Labute approximate surface area is 242 Å². The first-order valence-electron chi connectivity index (χ1n) is 13.0. The van der Waals surface area contributed by atoms with Crippen LogP contribution in [0.4, 0.5) is 10.1 Å². The summed E-state index contributed by atoms with van der Waals surface area (Å²) in [6.07, 6.45) is 8.37. The second-order valence-corrected chi connectivity index (χ2v) is 9.89. The molecule has 0 unspecified atom stereocenters. The van der Waals surface area contributed by atoms with Gasteiger partial charge in [-0.1, -0.05) is 110 Å². The SMILES string of the molecule is C=C/C(Cl)=C\C=C/C.CC.CC.CC(C)(C)C.CNC=O.C[C@H]1CNC[C@H]1c1cc(F)c(Cl)cc1NC=O. The molecule has 38 heavy (non-hydrogen) atoms. The Hall–Kier alpha value is -2.15. The van der Waals surface area contributed by atoms with Gasteiger partial charge in [0.1, 0.15) is 5.82 Å². The molecule has 1 aromatic carbocycles. The van der Waals surface area contributed by atoms with E-state index in [1.807, 2.05) is 46.8 Å². The van der Waals surface area contributed by atoms with Crippen LogP contribution in [-0.4, -0.2) is 33.0 Å². The number of halogens is 3. The van der Waals surface area contributed by atoms with Crippen LogP contribution in [0, 0.1) is 17.2 Å². The Balaban J connectivity index is -0.000000230. The molecule has 0 aliphatic carbocycles. The van der Waals surface area contributed by atoms with Gasteiger partial charge in [-0.15, -0.1) is 0 Å². The average molecular weight is 577 g/mol. The van der Waals surface area contributed by atoms with E-state index in [0.717, 1.165) is 18.7 Å². The van der Waals surface area contributed by atoms with Crippen molar-refractivity contribution >= 4 is 41.7 Å². The smallest absolute Gasteiger partial charge is 0.211 e. The summed E-state index contributed by atoms with van der Waals surface area (Å²) >= 11 is 11.3. The van der Waals surface area contributed by atoms with Crippen molar-refractivity contribution in [3.63, 3.8) is 0 Å². The van der Waals surface area contributed by atoms with Gasteiger partial charge in [-0.2, -0.15) is 0 Å². The molecule has 0 radical (unpaired) electrons. The van der Waals surface area contributed by atoms with Crippen LogP contribution < -0.4 is 16.0 Å². The second-order valence-electron chi connectivity index (χ2n) is 9.05. The summed E-state index contributed by atoms with van der Waals surface area (Å²) in [5, 5.41) is 8.78. The Bertz CT molecular complexity index is 801. The van der Waals surface area contributed by atoms with Crippen LogP contribution >= 0.6 is 23.2 Å². The van der Waals surface area contributed by atoms with Gasteiger partial charge in [0.05, 0.1) is 5.02 Å². The summed E-state index contributed by atoms with van der Waals surface area (Å²) in [5.74, 6) is 0.157. The van der Waals surface area contributed by atoms with E-state index in [1.54, 1.807) is 19.2 Å². The van der Waals surface area contributed by atoms with Crippen molar-refractivity contribution in [1.29, 1.82) is 0 Å². The maximum absolute atomic E-state index is 13.5. The highest BCUT2D eigenvalue weighted by Gasteiger charge is 2.27. The Morgan fingerprint density at radius 2 is 1.61 bits per heavy atom. The number of hydrogen-bond acceptors (Lipinski definition) is 3. The highest BCUT2D eigenvalue weighted by atomic mass is 35.5. The summed E-state index contributed by atoms with van der Waals surface area (Å²) in [7, 11) is 1.56. The van der Waals surface area contributed by atoms with Gasteiger partial charge in [-0.25, -0.2) is 4.39 Å². The third-order valence-corrected chi connectivity index (χ3v) is 4.55. The van der Waals surface area contributed by atoms with Crippen molar-refractivity contribution in [2.75, 3.05) is 25.5 Å². The molecule has 1 fully saturated rings. The van der Waals surface area contributed by atoms with Gasteiger partial charge in [0.15, 0.2) is 0 Å². The van der Waals surface area contributed by atoms with E-state index >= 15 is 0 Å². The molecule has 1 aromatic rings. The quantitative estimate of drug-likeness (QED) is 0.234. The van der Waals surface area contributed by atoms with Crippen LogP contribution in [0.2, 0.25) is 5.02 Å². The van der Waals surface area contributed by atoms with E-state index in [4.69, 9.17) is 28.0 Å². The second kappa shape index (κ2) is 27.9. The predicted octanol–water partition coefficient (Wildman–Crippen LogP) is 8.71. The van der Waals surface area contributed by atoms with Crippen LogP contribution in [0.15, 0.2) is 48.0 Å². The molecule has 8 heteroatoms. The fourth-order valence-corrected chi connectivity index (χ4v) is 2.78. The largest absolute Gasteiger partial charge is 0.362 e. The van der Waals surface area contributed by atoms with Crippen molar-refractivity contribution in [2.45, 2.75) is 75.2 Å². The van der Waals surface area contributed by atoms with Gasteiger partial charge < -0.3 is 16.0 Å². The molecule has 3 N–H and O–H groups in total. The number of allylic oxidation sites excluding steroid dienone is 5. The molecule has 0 spiro atoms. The molecule has 0 bridgehead atoms. The van der Waals surface area contributed by atoms with Crippen LogP contribution in [0.25, 0.3) is 0 Å². The van der Waals surface area contributed by atoms with Crippen LogP contribution in [0.1, 0.15) is 80.7 Å². The molecular formula is C30H52Cl2FN3O2. The first-order chi connectivity index (χ1) is 17.9. The molecule has 1 aliphatic heterocycles. The molecular weight excluding hydrogens is 524 g/mol. The highest BCUT2D eigenvalue weighted by Crippen LogP contribution is 2.35. The Morgan fingerprint density at radius 1 is 1.11 bits per heavy atom. The Morgan fingerprint density at radius 3 is 1.95 bits per heavy atom. The van der Waals surface area contributed by atoms with Gasteiger partial charge in [0.25, 0.3) is 0 Å². The lowest BCUT2D eigenvalue weighted by atomic mass is 9.89. The summed E-state index contributed by atoms with van der Waals surface area (Å²) in [6.45, 7) is 25.9. The fourth-order valence-electron chi connectivity index (χ4n) is 2.54. The van der Waals surface area contributed by atoms with E-state index in [0.29, 0.717) is 34.9 Å². The number of rotatable bonds is 6. The van der Waals surface area contributed by atoms with E-state index in [2.05, 4.69) is 57.1 Å². The maximum atomic E-state index is 13.5. The van der Waals surface area contributed by atoms with Gasteiger partial charge in [0.2, 0.25) is 12.8 Å². The number of anilines is 1. The number of amides is 2. The molecule has 5 nitrogen and oxygen atoms in total. The lowest BCUT2D eigenvalue weighted by Crippen LogP contribution is -2.11. The molecule has 1 aliphatic rings. The topological polar surface area (TPSA) is 70.2 Å². The zero-order valence-electron chi connectivity index (χ0n) is 25.3. The minimum absolute atomic E-state index is 0.0247. The minimum atomic E-state index is -0.447. The van der Waals surface area contributed by atoms with Crippen molar-refractivity contribution in [2.24, 2.45) is 11.3 Å². The first-order valence-corrected chi connectivity index (χ1v) is 13.7. The molecule has 220 valence electrons. The predicted molar refractivity (Wildman–Crippen MR) is 168 cm³/mol. The van der Waals surface area contributed by atoms with Crippen molar-refractivity contribution < 1.29 is 14.0 Å². The molecule has 0 saturated carbocycles. The standard InChI is InChI=1S/C12H14ClFN2O.C7H9Cl.C5H12.C2H5NO.2C2H6/c1-7-4-15-5-9(7)8-2-11(14)10(13)3-12(8)16-6-17;1-3-5-6-7(8)4-2;1-5(2,3)4;1-3-2-4;2*1-2/h2-3,6-7,9,15H,4-5H2,1H3,(H,16,17);3-6H,2H2,1H3;1-4H3;2H,1H3,(H,3,4);2*1-2H3/b;5-3-,7-6+;;;;/t7-,9+;;;;;/m0...../s1. The van der Waals surface area contributed by atoms with Crippen molar-refractivity contribution in [1.82, 2.24) is 10.6 Å².